The number of rotatable bonds is 4. The molecule has 6 heteroatoms. The summed E-state index contributed by atoms with van der Waals surface area (Å²) in [4.78, 5) is 18.1. The first kappa shape index (κ1) is 14.0. The summed E-state index contributed by atoms with van der Waals surface area (Å²) in [6.07, 6.45) is 2.18. The van der Waals surface area contributed by atoms with Crippen LogP contribution in [0.3, 0.4) is 0 Å². The van der Waals surface area contributed by atoms with E-state index in [1.165, 1.54) is 6.26 Å². The van der Waals surface area contributed by atoms with E-state index in [1.807, 2.05) is 0 Å². The van der Waals surface area contributed by atoms with Crippen molar-refractivity contribution in [3.63, 3.8) is 0 Å². The highest BCUT2D eigenvalue weighted by atomic mass is 16.5. The molecule has 1 aliphatic rings. The molecule has 0 spiro atoms. The SMILES string of the molecule is CC(C)CC(N)c1nc(C(=O)N2CCOCC2)co1. The summed E-state index contributed by atoms with van der Waals surface area (Å²) in [5.74, 6) is 0.778. The second-order valence-corrected chi connectivity index (χ2v) is 5.21. The van der Waals surface area contributed by atoms with Crippen molar-refractivity contribution < 1.29 is 13.9 Å². The number of nitrogens with two attached hydrogens (primary N) is 1. The first-order valence-corrected chi connectivity index (χ1v) is 6.66. The van der Waals surface area contributed by atoms with Crippen LogP contribution in [-0.2, 0) is 4.74 Å². The van der Waals surface area contributed by atoms with E-state index in [-0.39, 0.29) is 11.9 Å². The highest BCUT2D eigenvalue weighted by molar-refractivity contribution is 5.92. The number of hydrogen-bond donors (Lipinski definition) is 1. The molecule has 1 aliphatic heterocycles. The molecule has 0 aliphatic carbocycles. The molecule has 106 valence electrons. The number of amides is 1. The van der Waals surface area contributed by atoms with Gasteiger partial charge in [-0.2, -0.15) is 0 Å². The number of morpholine rings is 1. The Morgan fingerprint density at radius 2 is 2.16 bits per heavy atom. The molecule has 1 amide bonds. The van der Waals surface area contributed by atoms with Gasteiger partial charge in [0.25, 0.3) is 5.91 Å². The maximum absolute atomic E-state index is 12.2. The van der Waals surface area contributed by atoms with Gasteiger partial charge in [-0.25, -0.2) is 4.98 Å². The van der Waals surface area contributed by atoms with Gasteiger partial charge in [0.1, 0.15) is 6.26 Å². The molecule has 1 fully saturated rings. The molecule has 0 bridgehead atoms. The van der Waals surface area contributed by atoms with Crippen LogP contribution < -0.4 is 5.73 Å². The highest BCUT2D eigenvalue weighted by Gasteiger charge is 2.23. The third-order valence-electron chi connectivity index (χ3n) is 3.08. The summed E-state index contributed by atoms with van der Waals surface area (Å²) in [7, 11) is 0. The van der Waals surface area contributed by atoms with Gasteiger partial charge in [0, 0.05) is 13.1 Å². The van der Waals surface area contributed by atoms with Crippen LogP contribution in [0.15, 0.2) is 10.7 Å². The molecule has 0 saturated carbocycles. The van der Waals surface area contributed by atoms with Crippen LogP contribution in [-0.4, -0.2) is 42.1 Å². The van der Waals surface area contributed by atoms with Crippen molar-refractivity contribution in [2.75, 3.05) is 26.3 Å². The minimum atomic E-state index is -0.258. The minimum Gasteiger partial charge on any atom is -0.446 e. The Balaban J connectivity index is 2.01. The summed E-state index contributed by atoms with van der Waals surface area (Å²) in [5.41, 5.74) is 6.32. The molecular weight excluding hydrogens is 246 g/mol. The highest BCUT2D eigenvalue weighted by Crippen LogP contribution is 2.18. The topological polar surface area (TPSA) is 81.6 Å². The van der Waals surface area contributed by atoms with E-state index >= 15 is 0 Å². The molecule has 1 aromatic rings. The monoisotopic (exact) mass is 267 g/mol. The Morgan fingerprint density at radius 3 is 2.79 bits per heavy atom. The number of oxazole rings is 1. The van der Waals surface area contributed by atoms with E-state index in [9.17, 15) is 4.79 Å². The van der Waals surface area contributed by atoms with Crippen LogP contribution in [0.2, 0.25) is 0 Å². The minimum absolute atomic E-state index is 0.116. The van der Waals surface area contributed by atoms with E-state index < -0.39 is 0 Å². The normalized spacial score (nSPS) is 17.8. The molecule has 1 atom stereocenters. The number of carbonyl (C=O) groups excluding carboxylic acids is 1. The van der Waals surface area contributed by atoms with Crippen molar-refractivity contribution in [1.82, 2.24) is 9.88 Å². The lowest BCUT2D eigenvalue weighted by Crippen LogP contribution is -2.40. The Hall–Kier alpha value is -1.40. The average molecular weight is 267 g/mol. The predicted octanol–water partition coefficient (Wildman–Crippen LogP) is 1.19. The maximum Gasteiger partial charge on any atom is 0.275 e. The zero-order chi connectivity index (χ0) is 13.8. The molecule has 1 unspecified atom stereocenters. The summed E-state index contributed by atoms with van der Waals surface area (Å²) >= 11 is 0. The Labute approximate surface area is 112 Å². The van der Waals surface area contributed by atoms with Crippen molar-refractivity contribution in [2.45, 2.75) is 26.3 Å². The number of aromatic nitrogens is 1. The third kappa shape index (κ3) is 3.54. The van der Waals surface area contributed by atoms with E-state index in [4.69, 9.17) is 14.9 Å². The summed E-state index contributed by atoms with van der Waals surface area (Å²) in [6, 6.07) is -0.258. The average Bonchev–Trinajstić information content (AvgIpc) is 2.88. The van der Waals surface area contributed by atoms with Gasteiger partial charge in [-0.15, -0.1) is 0 Å². The first-order valence-electron chi connectivity index (χ1n) is 6.66. The second kappa shape index (κ2) is 6.16. The molecular formula is C13H21N3O3. The Bertz CT molecular complexity index is 425. The summed E-state index contributed by atoms with van der Waals surface area (Å²) in [5, 5.41) is 0. The van der Waals surface area contributed by atoms with Gasteiger partial charge in [-0.3, -0.25) is 4.79 Å². The number of hydrogen-bond acceptors (Lipinski definition) is 5. The van der Waals surface area contributed by atoms with Gasteiger partial charge in [0.2, 0.25) is 5.89 Å². The predicted molar refractivity (Wildman–Crippen MR) is 69.6 cm³/mol. The second-order valence-electron chi connectivity index (χ2n) is 5.21. The van der Waals surface area contributed by atoms with Crippen molar-refractivity contribution in [1.29, 1.82) is 0 Å². The third-order valence-corrected chi connectivity index (χ3v) is 3.08. The first-order chi connectivity index (χ1) is 9.08. The zero-order valence-corrected chi connectivity index (χ0v) is 11.5. The fourth-order valence-electron chi connectivity index (χ4n) is 2.09. The fourth-order valence-corrected chi connectivity index (χ4v) is 2.09. The van der Waals surface area contributed by atoms with Gasteiger partial charge < -0.3 is 19.8 Å². The van der Waals surface area contributed by atoms with Crippen molar-refractivity contribution >= 4 is 5.91 Å². The largest absolute Gasteiger partial charge is 0.446 e. The summed E-state index contributed by atoms with van der Waals surface area (Å²) < 4.78 is 10.5. The van der Waals surface area contributed by atoms with Crippen LogP contribution in [0.4, 0.5) is 0 Å². The molecule has 2 rings (SSSR count). The number of carbonyl (C=O) groups is 1. The van der Waals surface area contributed by atoms with Crippen LogP contribution >= 0.6 is 0 Å². The lowest BCUT2D eigenvalue weighted by Gasteiger charge is -2.25. The number of nitrogens with zero attached hydrogens (tertiary/aromatic N) is 2. The van der Waals surface area contributed by atoms with Gasteiger partial charge >= 0.3 is 0 Å². The lowest BCUT2D eigenvalue weighted by molar-refractivity contribution is 0.0299. The van der Waals surface area contributed by atoms with Gasteiger partial charge in [0.05, 0.1) is 19.3 Å². The molecule has 2 N–H and O–H groups in total. The van der Waals surface area contributed by atoms with Crippen LogP contribution in [0, 0.1) is 5.92 Å². The quantitative estimate of drug-likeness (QED) is 0.886. The molecule has 0 aromatic carbocycles. The van der Waals surface area contributed by atoms with Crippen molar-refractivity contribution in [3.05, 3.63) is 17.8 Å². The van der Waals surface area contributed by atoms with Crippen molar-refractivity contribution in [2.24, 2.45) is 11.7 Å². The Kier molecular flexibility index (Phi) is 4.55. The van der Waals surface area contributed by atoms with Gasteiger partial charge in [-0.1, -0.05) is 13.8 Å². The van der Waals surface area contributed by atoms with E-state index in [1.54, 1.807) is 4.90 Å². The lowest BCUT2D eigenvalue weighted by atomic mass is 10.0. The van der Waals surface area contributed by atoms with Gasteiger partial charge in [-0.05, 0) is 12.3 Å². The fraction of sp³-hybridized carbons (Fsp3) is 0.692. The molecule has 1 saturated heterocycles. The Morgan fingerprint density at radius 1 is 1.47 bits per heavy atom. The van der Waals surface area contributed by atoms with Crippen LogP contribution in [0.5, 0.6) is 0 Å². The van der Waals surface area contributed by atoms with Crippen LogP contribution in [0.25, 0.3) is 0 Å². The molecule has 0 radical (unpaired) electrons. The maximum atomic E-state index is 12.2. The van der Waals surface area contributed by atoms with E-state index in [2.05, 4.69) is 18.8 Å². The van der Waals surface area contributed by atoms with Crippen LogP contribution in [0.1, 0.15) is 42.7 Å². The molecule has 2 heterocycles. The number of ether oxygens (including phenoxy) is 1. The van der Waals surface area contributed by atoms with Gasteiger partial charge in [0.15, 0.2) is 5.69 Å². The molecule has 1 aromatic heterocycles. The van der Waals surface area contributed by atoms with E-state index in [0.717, 1.165) is 6.42 Å². The van der Waals surface area contributed by atoms with Crippen molar-refractivity contribution in [3.8, 4) is 0 Å². The molecule has 19 heavy (non-hydrogen) atoms. The molecule has 6 nitrogen and oxygen atoms in total. The summed E-state index contributed by atoms with van der Waals surface area (Å²) in [6.45, 7) is 6.51. The standard InChI is InChI=1S/C13H21N3O3/c1-9(2)7-10(14)12-15-11(8-19-12)13(17)16-3-5-18-6-4-16/h8-10H,3-7,14H2,1-2H3. The smallest absolute Gasteiger partial charge is 0.275 e. The zero-order valence-electron chi connectivity index (χ0n) is 11.5. The van der Waals surface area contributed by atoms with E-state index in [0.29, 0.717) is 43.8 Å².